The zero-order valence-electron chi connectivity index (χ0n) is 11.7. The Balaban J connectivity index is 2.22. The summed E-state index contributed by atoms with van der Waals surface area (Å²) in [6.45, 7) is 4.39. The molecule has 0 fully saturated rings. The van der Waals surface area contributed by atoms with Gasteiger partial charge in [0, 0.05) is 26.7 Å². The number of aryl methyl sites for hydroxylation is 1. The van der Waals surface area contributed by atoms with Gasteiger partial charge < -0.3 is 5.32 Å². The van der Waals surface area contributed by atoms with Crippen molar-refractivity contribution in [2.24, 2.45) is 0 Å². The van der Waals surface area contributed by atoms with Gasteiger partial charge in [-0.15, -0.1) is 11.3 Å². The third-order valence-electron chi connectivity index (χ3n) is 3.50. The van der Waals surface area contributed by atoms with Gasteiger partial charge in [-0.05, 0) is 49.7 Å². The van der Waals surface area contributed by atoms with Gasteiger partial charge in [0.25, 0.3) is 0 Å². The lowest BCUT2D eigenvalue weighted by atomic mass is 9.98. The van der Waals surface area contributed by atoms with Crippen molar-refractivity contribution < 1.29 is 0 Å². The Morgan fingerprint density at radius 2 is 1.95 bits per heavy atom. The van der Waals surface area contributed by atoms with E-state index in [0.717, 1.165) is 12.8 Å². The molecule has 0 spiro atoms. The van der Waals surface area contributed by atoms with Gasteiger partial charge in [0.05, 0.1) is 0 Å². The van der Waals surface area contributed by atoms with Crippen LogP contribution >= 0.6 is 27.3 Å². The molecule has 2 aromatic rings. The number of rotatable bonds is 5. The van der Waals surface area contributed by atoms with E-state index in [4.69, 9.17) is 0 Å². The molecule has 1 N–H and O–H groups in total. The number of hydrogen-bond donors (Lipinski definition) is 1. The maximum Gasteiger partial charge on any atom is 0.0369 e. The summed E-state index contributed by atoms with van der Waals surface area (Å²) in [6.07, 6.45) is 2.18. The lowest BCUT2D eigenvalue weighted by molar-refractivity contribution is 0.593. The molecule has 2 rings (SSSR count). The molecule has 0 aliphatic rings. The van der Waals surface area contributed by atoms with Gasteiger partial charge in [0.2, 0.25) is 0 Å². The van der Waals surface area contributed by atoms with Crippen LogP contribution in [0.3, 0.4) is 0 Å². The summed E-state index contributed by atoms with van der Waals surface area (Å²) in [5.74, 6) is 0. The van der Waals surface area contributed by atoms with E-state index in [9.17, 15) is 0 Å². The Bertz CT molecular complexity index is 547. The minimum Gasteiger partial charge on any atom is -0.313 e. The monoisotopic (exact) mass is 337 g/mol. The molecule has 19 heavy (non-hydrogen) atoms. The molecule has 1 heterocycles. The number of hydrogen-bond acceptors (Lipinski definition) is 2. The first-order chi connectivity index (χ1) is 9.15. The molecule has 1 aromatic heterocycles. The summed E-state index contributed by atoms with van der Waals surface area (Å²) < 4.78 is 1.19. The van der Waals surface area contributed by atoms with Gasteiger partial charge >= 0.3 is 0 Å². The van der Waals surface area contributed by atoms with Gasteiger partial charge in [0.1, 0.15) is 0 Å². The molecular formula is C16H20BrNS. The van der Waals surface area contributed by atoms with Crippen LogP contribution in [0.15, 0.2) is 34.8 Å². The van der Waals surface area contributed by atoms with Crippen LogP contribution in [-0.4, -0.2) is 7.05 Å². The average Bonchev–Trinajstić information content (AvgIpc) is 2.87. The highest BCUT2D eigenvalue weighted by molar-refractivity contribution is 9.10. The maximum absolute atomic E-state index is 3.62. The quantitative estimate of drug-likeness (QED) is 0.819. The van der Waals surface area contributed by atoms with Crippen LogP contribution in [-0.2, 0) is 12.8 Å². The van der Waals surface area contributed by atoms with Crippen molar-refractivity contribution >= 4 is 27.3 Å². The third kappa shape index (κ3) is 3.47. The molecule has 1 nitrogen and oxygen atoms in total. The highest BCUT2D eigenvalue weighted by atomic mass is 79.9. The fourth-order valence-electron chi connectivity index (χ4n) is 2.29. The largest absolute Gasteiger partial charge is 0.313 e. The number of nitrogens with one attached hydrogen (secondary N) is 1. The van der Waals surface area contributed by atoms with E-state index < -0.39 is 0 Å². The minimum atomic E-state index is 0.376. The van der Waals surface area contributed by atoms with E-state index in [0.29, 0.717) is 6.04 Å². The SMILES string of the molecule is CCc1ccc(CC(NC)c2cccc(Br)c2C)s1. The van der Waals surface area contributed by atoms with E-state index >= 15 is 0 Å². The normalized spacial score (nSPS) is 12.6. The molecule has 1 unspecified atom stereocenters. The highest BCUT2D eigenvalue weighted by Gasteiger charge is 2.14. The van der Waals surface area contributed by atoms with Gasteiger partial charge in [-0.1, -0.05) is 35.0 Å². The second-order valence-electron chi connectivity index (χ2n) is 4.72. The van der Waals surface area contributed by atoms with E-state index in [1.54, 1.807) is 0 Å². The second-order valence-corrected chi connectivity index (χ2v) is 6.83. The topological polar surface area (TPSA) is 12.0 Å². The first-order valence-corrected chi connectivity index (χ1v) is 8.26. The molecule has 0 aliphatic carbocycles. The van der Waals surface area contributed by atoms with Gasteiger partial charge in [0.15, 0.2) is 0 Å². The van der Waals surface area contributed by atoms with E-state index in [1.807, 2.05) is 18.4 Å². The van der Waals surface area contributed by atoms with Crippen molar-refractivity contribution in [1.82, 2.24) is 5.32 Å². The molecule has 102 valence electrons. The molecule has 0 aliphatic heterocycles. The fraction of sp³-hybridized carbons (Fsp3) is 0.375. The van der Waals surface area contributed by atoms with E-state index in [-0.39, 0.29) is 0 Å². The predicted octanol–water partition coefficient (Wildman–Crippen LogP) is 4.88. The molecule has 0 saturated heterocycles. The summed E-state index contributed by atoms with van der Waals surface area (Å²) in [5, 5.41) is 3.45. The molecule has 0 radical (unpaired) electrons. The minimum absolute atomic E-state index is 0.376. The number of benzene rings is 1. The fourth-order valence-corrected chi connectivity index (χ4v) is 3.68. The zero-order valence-corrected chi connectivity index (χ0v) is 14.1. The summed E-state index contributed by atoms with van der Waals surface area (Å²) in [6, 6.07) is 11.3. The lowest BCUT2D eigenvalue weighted by Crippen LogP contribution is -2.19. The van der Waals surface area contributed by atoms with Crippen LogP contribution < -0.4 is 5.32 Å². The van der Waals surface area contributed by atoms with Crippen LogP contribution in [0.25, 0.3) is 0 Å². The lowest BCUT2D eigenvalue weighted by Gasteiger charge is -2.19. The van der Waals surface area contributed by atoms with Crippen molar-refractivity contribution in [2.75, 3.05) is 7.05 Å². The van der Waals surface area contributed by atoms with Crippen molar-refractivity contribution in [3.8, 4) is 0 Å². The standard InChI is InChI=1S/C16H20BrNS/c1-4-12-8-9-13(19-12)10-16(18-3)14-6-5-7-15(17)11(14)2/h5-9,16,18H,4,10H2,1-3H3. The number of likely N-dealkylation sites (N-methyl/N-ethyl adjacent to an activating group) is 1. The van der Waals surface area contributed by atoms with Crippen molar-refractivity contribution in [1.29, 1.82) is 0 Å². The summed E-state index contributed by atoms with van der Waals surface area (Å²) in [7, 11) is 2.04. The highest BCUT2D eigenvalue weighted by Crippen LogP contribution is 2.28. The van der Waals surface area contributed by atoms with Crippen molar-refractivity contribution in [3.63, 3.8) is 0 Å². The Labute approximate surface area is 128 Å². The average molecular weight is 338 g/mol. The molecule has 1 aromatic carbocycles. The smallest absolute Gasteiger partial charge is 0.0369 e. The van der Waals surface area contributed by atoms with Crippen LogP contribution in [0, 0.1) is 6.92 Å². The van der Waals surface area contributed by atoms with E-state index in [1.165, 1.54) is 25.4 Å². The predicted molar refractivity (Wildman–Crippen MR) is 88.1 cm³/mol. The van der Waals surface area contributed by atoms with Crippen LogP contribution in [0.2, 0.25) is 0 Å². The molecule has 1 atom stereocenters. The van der Waals surface area contributed by atoms with Gasteiger partial charge in [-0.2, -0.15) is 0 Å². The van der Waals surface area contributed by atoms with Crippen LogP contribution in [0.5, 0.6) is 0 Å². The maximum atomic E-state index is 3.62. The van der Waals surface area contributed by atoms with Crippen LogP contribution in [0.4, 0.5) is 0 Å². The Morgan fingerprint density at radius 1 is 1.21 bits per heavy atom. The summed E-state index contributed by atoms with van der Waals surface area (Å²) in [5.41, 5.74) is 2.71. The summed E-state index contributed by atoms with van der Waals surface area (Å²) in [4.78, 5) is 2.92. The van der Waals surface area contributed by atoms with Crippen molar-refractivity contribution in [2.45, 2.75) is 32.7 Å². The molecular weight excluding hydrogens is 318 g/mol. The molecule has 3 heteroatoms. The van der Waals surface area contributed by atoms with E-state index in [2.05, 4.69) is 65.4 Å². The van der Waals surface area contributed by atoms with Crippen molar-refractivity contribution in [3.05, 3.63) is 55.7 Å². The first-order valence-electron chi connectivity index (χ1n) is 6.65. The first kappa shape index (κ1) is 14.8. The molecule has 0 amide bonds. The molecule has 0 bridgehead atoms. The number of halogens is 1. The second kappa shape index (κ2) is 6.69. The summed E-state index contributed by atoms with van der Waals surface area (Å²) >= 11 is 5.55. The zero-order chi connectivity index (χ0) is 13.8. The Hall–Kier alpha value is -0.640. The van der Waals surface area contributed by atoms with Gasteiger partial charge in [-0.25, -0.2) is 0 Å². The molecule has 0 saturated carbocycles. The van der Waals surface area contributed by atoms with Gasteiger partial charge in [-0.3, -0.25) is 0 Å². The Kier molecular flexibility index (Phi) is 5.20. The Morgan fingerprint density at radius 3 is 2.58 bits per heavy atom. The number of thiophene rings is 1. The third-order valence-corrected chi connectivity index (χ3v) is 5.62. The van der Waals surface area contributed by atoms with Crippen LogP contribution in [0.1, 0.15) is 33.8 Å².